The molecule has 88 valence electrons. The van der Waals surface area contributed by atoms with E-state index in [2.05, 4.69) is 10.3 Å². The molecule has 1 N–H and O–H groups in total. The van der Waals surface area contributed by atoms with E-state index in [-0.39, 0.29) is 0 Å². The minimum atomic E-state index is 0.577. The predicted octanol–water partition coefficient (Wildman–Crippen LogP) is 3.25. The van der Waals surface area contributed by atoms with Gasteiger partial charge in [0.1, 0.15) is 5.75 Å². The van der Waals surface area contributed by atoms with E-state index in [1.165, 1.54) is 0 Å². The molecular formula is C13H13ClN2O. The Balaban J connectivity index is 2.27. The number of nitrogens with one attached hydrogen (secondary N) is 1. The van der Waals surface area contributed by atoms with E-state index in [0.717, 1.165) is 5.56 Å². The Morgan fingerprint density at radius 1 is 1.24 bits per heavy atom. The van der Waals surface area contributed by atoms with Gasteiger partial charge in [-0.1, -0.05) is 29.8 Å². The summed E-state index contributed by atoms with van der Waals surface area (Å²) in [6.07, 6.45) is 1.70. The van der Waals surface area contributed by atoms with Crippen molar-refractivity contribution in [3.63, 3.8) is 0 Å². The van der Waals surface area contributed by atoms with Crippen LogP contribution < -0.4 is 10.1 Å². The van der Waals surface area contributed by atoms with E-state index >= 15 is 0 Å². The molecule has 3 nitrogen and oxygen atoms in total. The van der Waals surface area contributed by atoms with Gasteiger partial charge in [0.25, 0.3) is 0 Å². The molecule has 0 saturated heterocycles. The van der Waals surface area contributed by atoms with E-state index in [4.69, 9.17) is 16.3 Å². The molecule has 2 rings (SSSR count). The lowest BCUT2D eigenvalue weighted by molar-refractivity contribution is 0.454. The second-order valence-electron chi connectivity index (χ2n) is 3.53. The van der Waals surface area contributed by atoms with Crippen molar-refractivity contribution in [2.75, 3.05) is 7.05 Å². The average molecular weight is 249 g/mol. The molecule has 4 heteroatoms. The number of benzene rings is 1. The summed E-state index contributed by atoms with van der Waals surface area (Å²) in [6, 6.07) is 11.2. The molecule has 0 aliphatic carbocycles. The standard InChI is InChI=1S/C13H13ClN2O/c1-15-9-10-5-4-8-16-13(10)17-12-7-3-2-6-11(12)14/h2-8,15H,9H2,1H3. The summed E-state index contributed by atoms with van der Waals surface area (Å²) in [5.41, 5.74) is 0.995. The van der Waals surface area contributed by atoms with Crippen molar-refractivity contribution >= 4 is 11.6 Å². The van der Waals surface area contributed by atoms with E-state index in [0.29, 0.717) is 23.2 Å². The van der Waals surface area contributed by atoms with Gasteiger partial charge in [0.15, 0.2) is 0 Å². The summed E-state index contributed by atoms with van der Waals surface area (Å²) in [5, 5.41) is 3.65. The third kappa shape index (κ3) is 2.96. The molecule has 0 saturated carbocycles. The summed E-state index contributed by atoms with van der Waals surface area (Å²) in [5.74, 6) is 1.19. The highest BCUT2D eigenvalue weighted by Crippen LogP contribution is 2.29. The van der Waals surface area contributed by atoms with Crippen molar-refractivity contribution in [3.8, 4) is 11.6 Å². The van der Waals surface area contributed by atoms with Crippen LogP contribution in [0.15, 0.2) is 42.6 Å². The van der Waals surface area contributed by atoms with Gasteiger partial charge in [-0.15, -0.1) is 0 Å². The summed E-state index contributed by atoms with van der Waals surface area (Å²) < 4.78 is 5.71. The van der Waals surface area contributed by atoms with Gasteiger partial charge in [0, 0.05) is 18.3 Å². The number of para-hydroxylation sites is 1. The summed E-state index contributed by atoms with van der Waals surface area (Å²) in [4.78, 5) is 4.21. The molecule has 0 radical (unpaired) electrons. The number of hydrogen-bond acceptors (Lipinski definition) is 3. The van der Waals surface area contributed by atoms with Crippen molar-refractivity contribution in [1.29, 1.82) is 0 Å². The molecule has 0 bridgehead atoms. The molecule has 1 heterocycles. The van der Waals surface area contributed by atoms with Gasteiger partial charge in [-0.2, -0.15) is 0 Å². The van der Waals surface area contributed by atoms with Gasteiger partial charge in [-0.25, -0.2) is 4.98 Å². The molecule has 1 aromatic carbocycles. The van der Waals surface area contributed by atoms with Gasteiger partial charge in [0.2, 0.25) is 5.88 Å². The van der Waals surface area contributed by atoms with E-state index in [1.807, 2.05) is 37.4 Å². The summed E-state index contributed by atoms with van der Waals surface area (Å²) in [7, 11) is 1.88. The topological polar surface area (TPSA) is 34.2 Å². The monoisotopic (exact) mass is 248 g/mol. The molecule has 0 aliphatic rings. The van der Waals surface area contributed by atoms with Crippen molar-refractivity contribution in [2.24, 2.45) is 0 Å². The van der Waals surface area contributed by atoms with Crippen LogP contribution in [0, 0.1) is 0 Å². The molecule has 0 aliphatic heterocycles. The van der Waals surface area contributed by atoms with Crippen LogP contribution in [-0.4, -0.2) is 12.0 Å². The van der Waals surface area contributed by atoms with E-state index in [9.17, 15) is 0 Å². The van der Waals surface area contributed by atoms with Gasteiger partial charge in [-0.05, 0) is 25.2 Å². The lowest BCUT2D eigenvalue weighted by Crippen LogP contribution is -2.07. The van der Waals surface area contributed by atoms with Crippen molar-refractivity contribution in [3.05, 3.63) is 53.2 Å². The molecule has 2 aromatic rings. The number of hydrogen-bond donors (Lipinski definition) is 1. The molecule has 0 unspecified atom stereocenters. The van der Waals surface area contributed by atoms with Crippen LogP contribution in [0.2, 0.25) is 5.02 Å². The summed E-state index contributed by atoms with van der Waals surface area (Å²) >= 11 is 6.04. The SMILES string of the molecule is CNCc1cccnc1Oc1ccccc1Cl. The maximum Gasteiger partial charge on any atom is 0.223 e. The number of pyridine rings is 1. The first kappa shape index (κ1) is 11.9. The number of aromatic nitrogens is 1. The molecule has 0 amide bonds. The summed E-state index contributed by atoms with van der Waals surface area (Å²) in [6.45, 7) is 0.702. The molecule has 0 spiro atoms. The Morgan fingerprint density at radius 2 is 2.06 bits per heavy atom. The number of ether oxygens (including phenoxy) is 1. The van der Waals surface area contributed by atoms with Crippen LogP contribution in [0.5, 0.6) is 11.6 Å². The van der Waals surface area contributed by atoms with Crippen LogP contribution in [0.3, 0.4) is 0 Å². The largest absolute Gasteiger partial charge is 0.437 e. The Morgan fingerprint density at radius 3 is 2.82 bits per heavy atom. The van der Waals surface area contributed by atoms with Crippen molar-refractivity contribution in [2.45, 2.75) is 6.54 Å². The van der Waals surface area contributed by atoms with Crippen LogP contribution in [0.25, 0.3) is 0 Å². The normalized spacial score (nSPS) is 10.2. The third-order valence-electron chi connectivity index (χ3n) is 2.26. The first-order valence-electron chi connectivity index (χ1n) is 5.32. The number of rotatable bonds is 4. The minimum Gasteiger partial charge on any atom is -0.437 e. The van der Waals surface area contributed by atoms with Crippen LogP contribution >= 0.6 is 11.6 Å². The highest BCUT2D eigenvalue weighted by atomic mass is 35.5. The first-order valence-corrected chi connectivity index (χ1v) is 5.70. The maximum absolute atomic E-state index is 6.04. The Hall–Kier alpha value is -1.58. The molecule has 0 fully saturated rings. The Bertz CT molecular complexity index is 502. The zero-order valence-corrected chi connectivity index (χ0v) is 10.2. The Kier molecular flexibility index (Phi) is 3.96. The average Bonchev–Trinajstić information content (AvgIpc) is 2.35. The quantitative estimate of drug-likeness (QED) is 0.902. The lowest BCUT2D eigenvalue weighted by atomic mass is 10.2. The zero-order chi connectivity index (χ0) is 12.1. The van der Waals surface area contributed by atoms with Crippen molar-refractivity contribution in [1.82, 2.24) is 10.3 Å². The second-order valence-corrected chi connectivity index (χ2v) is 3.94. The van der Waals surface area contributed by atoms with E-state index in [1.54, 1.807) is 12.3 Å². The van der Waals surface area contributed by atoms with Gasteiger partial charge in [-0.3, -0.25) is 0 Å². The molecule has 17 heavy (non-hydrogen) atoms. The van der Waals surface area contributed by atoms with Crippen LogP contribution in [-0.2, 0) is 6.54 Å². The minimum absolute atomic E-state index is 0.577. The van der Waals surface area contributed by atoms with Crippen LogP contribution in [0.4, 0.5) is 0 Å². The zero-order valence-electron chi connectivity index (χ0n) is 9.48. The fourth-order valence-electron chi connectivity index (χ4n) is 1.47. The molecule has 1 aromatic heterocycles. The second kappa shape index (κ2) is 5.66. The van der Waals surface area contributed by atoms with E-state index < -0.39 is 0 Å². The van der Waals surface area contributed by atoms with Crippen molar-refractivity contribution < 1.29 is 4.74 Å². The fraction of sp³-hybridized carbons (Fsp3) is 0.154. The molecule has 0 atom stereocenters. The lowest BCUT2D eigenvalue weighted by Gasteiger charge is -2.10. The highest BCUT2D eigenvalue weighted by Gasteiger charge is 2.07. The van der Waals surface area contributed by atoms with Gasteiger partial charge < -0.3 is 10.1 Å². The van der Waals surface area contributed by atoms with Gasteiger partial charge in [0.05, 0.1) is 5.02 Å². The first-order chi connectivity index (χ1) is 8.31. The fourth-order valence-corrected chi connectivity index (χ4v) is 1.65. The van der Waals surface area contributed by atoms with Gasteiger partial charge >= 0.3 is 0 Å². The number of halogens is 1. The Labute approximate surface area is 105 Å². The van der Waals surface area contributed by atoms with Crippen LogP contribution in [0.1, 0.15) is 5.56 Å². The smallest absolute Gasteiger partial charge is 0.223 e. The maximum atomic E-state index is 6.04. The third-order valence-corrected chi connectivity index (χ3v) is 2.57. The predicted molar refractivity (Wildman–Crippen MR) is 68.5 cm³/mol. The highest BCUT2D eigenvalue weighted by molar-refractivity contribution is 6.32. The molecular weight excluding hydrogens is 236 g/mol. The number of nitrogens with zero attached hydrogens (tertiary/aromatic N) is 1.